The van der Waals surface area contributed by atoms with Gasteiger partial charge in [0.15, 0.2) is 0 Å². The Morgan fingerprint density at radius 1 is 1.31 bits per heavy atom. The number of benzene rings is 1. The molecule has 0 heterocycles. The van der Waals surface area contributed by atoms with Crippen LogP contribution in [0.1, 0.15) is 25.0 Å². The molecule has 1 atom stereocenters. The maximum atomic E-state index is 6.16. The molecule has 3 heteroatoms. The SMILES string of the molecule is Cc1ccc(CNC(CCl)C(C)C)c(Cl)c1. The molecule has 0 bridgehead atoms. The topological polar surface area (TPSA) is 12.0 Å². The van der Waals surface area contributed by atoms with Crippen LogP contribution in [0.3, 0.4) is 0 Å². The second-order valence-corrected chi connectivity index (χ2v) is 5.20. The smallest absolute Gasteiger partial charge is 0.0453 e. The first-order valence-electron chi connectivity index (χ1n) is 5.59. The van der Waals surface area contributed by atoms with E-state index < -0.39 is 0 Å². The van der Waals surface area contributed by atoms with Crippen molar-refractivity contribution in [1.29, 1.82) is 0 Å². The molecule has 90 valence electrons. The molecule has 1 aromatic carbocycles. The lowest BCUT2D eigenvalue weighted by atomic mass is 10.1. The molecule has 0 radical (unpaired) electrons. The van der Waals surface area contributed by atoms with Gasteiger partial charge in [-0.05, 0) is 30.0 Å². The number of nitrogens with one attached hydrogen (secondary N) is 1. The highest BCUT2D eigenvalue weighted by atomic mass is 35.5. The first kappa shape index (κ1) is 13.8. The Morgan fingerprint density at radius 2 is 2.00 bits per heavy atom. The molecule has 0 saturated carbocycles. The molecule has 1 unspecified atom stereocenters. The van der Waals surface area contributed by atoms with Crippen LogP contribution in [0.4, 0.5) is 0 Å². The molecule has 0 spiro atoms. The van der Waals surface area contributed by atoms with Crippen molar-refractivity contribution >= 4 is 23.2 Å². The van der Waals surface area contributed by atoms with E-state index >= 15 is 0 Å². The van der Waals surface area contributed by atoms with Gasteiger partial charge in [-0.15, -0.1) is 11.6 Å². The maximum absolute atomic E-state index is 6.16. The number of alkyl halides is 1. The van der Waals surface area contributed by atoms with E-state index in [4.69, 9.17) is 23.2 Å². The fourth-order valence-corrected chi connectivity index (χ4v) is 2.27. The van der Waals surface area contributed by atoms with E-state index in [1.54, 1.807) is 0 Å². The molecule has 0 amide bonds. The number of hydrogen-bond donors (Lipinski definition) is 1. The van der Waals surface area contributed by atoms with Gasteiger partial charge < -0.3 is 5.32 Å². The molecule has 0 aliphatic rings. The van der Waals surface area contributed by atoms with Gasteiger partial charge in [-0.3, -0.25) is 0 Å². The fraction of sp³-hybridized carbons (Fsp3) is 0.538. The number of halogens is 2. The average molecular weight is 260 g/mol. The second-order valence-electron chi connectivity index (χ2n) is 4.48. The molecule has 1 nitrogen and oxygen atoms in total. The van der Waals surface area contributed by atoms with Crippen LogP contribution in [-0.4, -0.2) is 11.9 Å². The van der Waals surface area contributed by atoms with Gasteiger partial charge in [0.25, 0.3) is 0 Å². The first-order valence-corrected chi connectivity index (χ1v) is 6.50. The number of aryl methyl sites for hydroxylation is 1. The molecule has 1 rings (SSSR count). The summed E-state index contributed by atoms with van der Waals surface area (Å²) in [5.74, 6) is 1.16. The Morgan fingerprint density at radius 3 is 2.50 bits per heavy atom. The minimum atomic E-state index is 0.332. The van der Waals surface area contributed by atoms with Crippen LogP contribution in [0.5, 0.6) is 0 Å². The van der Waals surface area contributed by atoms with Crippen molar-refractivity contribution in [1.82, 2.24) is 5.32 Å². The minimum absolute atomic E-state index is 0.332. The highest BCUT2D eigenvalue weighted by Crippen LogP contribution is 2.18. The van der Waals surface area contributed by atoms with Crippen molar-refractivity contribution in [2.75, 3.05) is 5.88 Å². The summed E-state index contributed by atoms with van der Waals surface area (Å²) >= 11 is 12.1. The summed E-state index contributed by atoms with van der Waals surface area (Å²) in [6.07, 6.45) is 0. The van der Waals surface area contributed by atoms with Gasteiger partial charge in [-0.1, -0.05) is 37.6 Å². The van der Waals surface area contributed by atoms with Crippen molar-refractivity contribution in [3.8, 4) is 0 Å². The molecular formula is C13H19Cl2N. The van der Waals surface area contributed by atoms with Gasteiger partial charge in [-0.25, -0.2) is 0 Å². The summed E-state index contributed by atoms with van der Waals surface area (Å²) < 4.78 is 0. The number of rotatable bonds is 5. The third-order valence-corrected chi connectivity index (χ3v) is 3.42. The van der Waals surface area contributed by atoms with E-state index in [0.717, 1.165) is 17.1 Å². The lowest BCUT2D eigenvalue weighted by molar-refractivity contribution is 0.430. The zero-order valence-electron chi connectivity index (χ0n) is 10.1. The normalized spacial score (nSPS) is 13.1. The van der Waals surface area contributed by atoms with Gasteiger partial charge in [0.1, 0.15) is 0 Å². The fourth-order valence-electron chi connectivity index (χ4n) is 1.51. The minimum Gasteiger partial charge on any atom is -0.308 e. The van der Waals surface area contributed by atoms with E-state index in [2.05, 4.69) is 31.3 Å². The predicted molar refractivity (Wildman–Crippen MR) is 72.4 cm³/mol. The third kappa shape index (κ3) is 3.97. The lowest BCUT2D eigenvalue weighted by Crippen LogP contribution is -2.34. The molecular weight excluding hydrogens is 241 g/mol. The van der Waals surface area contributed by atoms with Crippen molar-refractivity contribution in [3.05, 3.63) is 34.3 Å². The Hall–Kier alpha value is -0.240. The molecule has 1 N–H and O–H groups in total. The maximum Gasteiger partial charge on any atom is 0.0453 e. The summed E-state index contributed by atoms with van der Waals surface area (Å²) in [6.45, 7) is 7.14. The summed E-state index contributed by atoms with van der Waals surface area (Å²) in [4.78, 5) is 0. The monoisotopic (exact) mass is 259 g/mol. The zero-order valence-corrected chi connectivity index (χ0v) is 11.6. The summed E-state index contributed by atoms with van der Waals surface area (Å²) in [7, 11) is 0. The molecule has 16 heavy (non-hydrogen) atoms. The van der Waals surface area contributed by atoms with E-state index in [1.165, 1.54) is 5.56 Å². The molecule has 0 aromatic heterocycles. The van der Waals surface area contributed by atoms with Crippen LogP contribution in [-0.2, 0) is 6.54 Å². The van der Waals surface area contributed by atoms with Gasteiger partial charge in [0, 0.05) is 23.5 Å². The largest absolute Gasteiger partial charge is 0.308 e. The third-order valence-electron chi connectivity index (χ3n) is 2.73. The Balaban J connectivity index is 2.60. The summed E-state index contributed by atoms with van der Waals surface area (Å²) in [5.41, 5.74) is 2.31. The van der Waals surface area contributed by atoms with Crippen molar-refractivity contribution < 1.29 is 0 Å². The van der Waals surface area contributed by atoms with Crippen molar-refractivity contribution in [2.24, 2.45) is 5.92 Å². The van der Waals surface area contributed by atoms with Gasteiger partial charge >= 0.3 is 0 Å². The zero-order chi connectivity index (χ0) is 12.1. The van der Waals surface area contributed by atoms with Crippen LogP contribution < -0.4 is 5.32 Å². The van der Waals surface area contributed by atoms with E-state index in [9.17, 15) is 0 Å². The number of hydrogen-bond acceptors (Lipinski definition) is 1. The van der Waals surface area contributed by atoms with E-state index in [-0.39, 0.29) is 0 Å². The van der Waals surface area contributed by atoms with Gasteiger partial charge in [0.05, 0.1) is 0 Å². The molecule has 0 aliphatic carbocycles. The summed E-state index contributed by atoms with van der Waals surface area (Å²) in [5, 5.41) is 4.25. The highest BCUT2D eigenvalue weighted by Gasteiger charge is 2.11. The predicted octanol–water partition coefficient (Wildman–Crippen LogP) is 4.00. The molecule has 0 saturated heterocycles. The molecule has 0 aliphatic heterocycles. The van der Waals surface area contributed by atoms with Crippen molar-refractivity contribution in [2.45, 2.75) is 33.4 Å². The van der Waals surface area contributed by atoms with Crippen molar-refractivity contribution in [3.63, 3.8) is 0 Å². The second kappa shape index (κ2) is 6.48. The van der Waals surface area contributed by atoms with Gasteiger partial charge in [-0.2, -0.15) is 0 Å². The lowest BCUT2D eigenvalue weighted by Gasteiger charge is -2.20. The van der Waals surface area contributed by atoms with Crippen LogP contribution in [0.25, 0.3) is 0 Å². The first-order chi connectivity index (χ1) is 7.54. The standard InChI is InChI=1S/C13H19Cl2N/c1-9(2)13(7-14)16-8-11-5-4-10(3)6-12(11)15/h4-6,9,13,16H,7-8H2,1-3H3. The van der Waals surface area contributed by atoms with Gasteiger partial charge in [0.2, 0.25) is 0 Å². The van der Waals surface area contributed by atoms with E-state index in [0.29, 0.717) is 17.8 Å². The average Bonchev–Trinajstić information content (AvgIpc) is 2.21. The molecule has 1 aromatic rings. The Kier molecular flexibility index (Phi) is 5.60. The quantitative estimate of drug-likeness (QED) is 0.789. The summed E-state index contributed by atoms with van der Waals surface area (Å²) in [6, 6.07) is 6.47. The van der Waals surface area contributed by atoms with Crippen LogP contribution in [0.15, 0.2) is 18.2 Å². The van der Waals surface area contributed by atoms with Crippen LogP contribution in [0.2, 0.25) is 5.02 Å². The Bertz CT molecular complexity index is 337. The van der Waals surface area contributed by atoms with Crippen LogP contribution >= 0.6 is 23.2 Å². The highest BCUT2D eigenvalue weighted by molar-refractivity contribution is 6.31. The molecule has 0 fully saturated rings. The Labute approximate surface area is 108 Å². The van der Waals surface area contributed by atoms with E-state index in [1.807, 2.05) is 13.0 Å². The van der Waals surface area contributed by atoms with Crippen LogP contribution in [0, 0.1) is 12.8 Å².